The first-order valence-electron chi connectivity index (χ1n) is 10.7. The average Bonchev–Trinajstić information content (AvgIpc) is 2.93. The molecule has 2 amide bonds. The molecule has 2 atom stereocenters. The molecule has 0 radical (unpaired) electrons. The van der Waals surface area contributed by atoms with Crippen LogP contribution in [0, 0.1) is 32.6 Å². The van der Waals surface area contributed by atoms with Gasteiger partial charge in [0.2, 0.25) is 11.8 Å². The number of carbonyl (C=O) groups is 2. The summed E-state index contributed by atoms with van der Waals surface area (Å²) in [5, 5.41) is 0. The van der Waals surface area contributed by atoms with Gasteiger partial charge in [-0.05, 0) is 74.1 Å². The van der Waals surface area contributed by atoms with Crippen LogP contribution in [0.15, 0.2) is 41.3 Å². The van der Waals surface area contributed by atoms with E-state index in [-0.39, 0.29) is 35.1 Å². The Kier molecular flexibility index (Phi) is 5.64. The number of likely N-dealkylation sites (tertiary alicyclic amines) is 1. The minimum atomic E-state index is -3.82. The molecule has 2 aromatic carbocycles. The lowest BCUT2D eigenvalue weighted by atomic mass is 9.81. The van der Waals surface area contributed by atoms with E-state index in [1.165, 1.54) is 4.90 Å². The maximum atomic E-state index is 13.1. The lowest BCUT2D eigenvalue weighted by Crippen LogP contribution is -2.30. The van der Waals surface area contributed by atoms with Gasteiger partial charge in [-0.1, -0.05) is 31.0 Å². The highest BCUT2D eigenvalue weighted by molar-refractivity contribution is 7.92. The number of anilines is 1. The maximum absolute atomic E-state index is 13.1. The van der Waals surface area contributed by atoms with E-state index < -0.39 is 10.0 Å². The molecule has 0 bridgehead atoms. The monoisotopic (exact) mass is 440 g/mol. The summed E-state index contributed by atoms with van der Waals surface area (Å²) < 4.78 is 28.9. The number of fused-ring (bicyclic) bond motifs is 1. The molecule has 7 heteroatoms. The van der Waals surface area contributed by atoms with Crippen LogP contribution in [0.25, 0.3) is 0 Å². The number of imide groups is 1. The molecule has 31 heavy (non-hydrogen) atoms. The van der Waals surface area contributed by atoms with Crippen LogP contribution in [0.5, 0.6) is 0 Å². The van der Waals surface area contributed by atoms with E-state index in [1.807, 2.05) is 19.9 Å². The Labute approximate surface area is 183 Å². The highest BCUT2D eigenvalue weighted by Gasteiger charge is 2.47. The molecule has 1 N–H and O–H groups in total. The number of carbonyl (C=O) groups excluding carboxylic acids is 2. The zero-order valence-corrected chi connectivity index (χ0v) is 19.0. The van der Waals surface area contributed by atoms with E-state index in [2.05, 4.69) is 4.72 Å². The molecule has 1 aliphatic heterocycles. The van der Waals surface area contributed by atoms with Gasteiger partial charge in [-0.2, -0.15) is 0 Å². The predicted octanol–water partition coefficient (Wildman–Crippen LogP) is 4.09. The fourth-order valence-corrected chi connectivity index (χ4v) is 6.18. The number of hydrogen-bond acceptors (Lipinski definition) is 4. The molecule has 4 rings (SSSR count). The molecular formula is C24H28N2O4S. The van der Waals surface area contributed by atoms with Crippen LogP contribution < -0.4 is 4.72 Å². The van der Waals surface area contributed by atoms with Crippen molar-refractivity contribution in [3.63, 3.8) is 0 Å². The number of sulfonamides is 1. The lowest BCUT2D eigenvalue weighted by Gasteiger charge is -2.19. The third kappa shape index (κ3) is 4.24. The summed E-state index contributed by atoms with van der Waals surface area (Å²) in [4.78, 5) is 27.0. The van der Waals surface area contributed by atoms with E-state index in [1.54, 1.807) is 37.3 Å². The van der Waals surface area contributed by atoms with Crippen LogP contribution in [0.4, 0.5) is 5.69 Å². The van der Waals surface area contributed by atoms with Gasteiger partial charge in [0.25, 0.3) is 10.0 Å². The predicted molar refractivity (Wildman–Crippen MR) is 119 cm³/mol. The number of nitrogens with one attached hydrogen (secondary N) is 1. The highest BCUT2D eigenvalue weighted by atomic mass is 32.2. The van der Waals surface area contributed by atoms with Crippen LogP contribution >= 0.6 is 0 Å². The molecule has 0 spiro atoms. The Morgan fingerprint density at radius 3 is 2.06 bits per heavy atom. The number of amides is 2. The van der Waals surface area contributed by atoms with Crippen molar-refractivity contribution in [1.82, 2.24) is 4.90 Å². The van der Waals surface area contributed by atoms with Crippen molar-refractivity contribution in [3.8, 4) is 0 Å². The summed E-state index contributed by atoms with van der Waals surface area (Å²) in [5.41, 5.74) is 3.68. The number of hydrogen-bond donors (Lipinski definition) is 1. The van der Waals surface area contributed by atoms with Crippen molar-refractivity contribution in [2.75, 3.05) is 4.72 Å². The van der Waals surface area contributed by atoms with Crippen LogP contribution in [0.2, 0.25) is 0 Å². The van der Waals surface area contributed by atoms with Crippen molar-refractivity contribution in [3.05, 3.63) is 58.7 Å². The second-order valence-electron chi connectivity index (χ2n) is 8.84. The van der Waals surface area contributed by atoms with Crippen LogP contribution in [0.3, 0.4) is 0 Å². The smallest absolute Gasteiger partial charge is 0.262 e. The topological polar surface area (TPSA) is 83.6 Å². The SMILES string of the molecule is Cc1cc(C)cc(NS(=O)(=O)c2cc(CN3C(=O)[C@H]4CCCC[C@H]4C3=O)ccc2C)c1. The van der Waals surface area contributed by atoms with Crippen molar-refractivity contribution in [2.24, 2.45) is 11.8 Å². The molecule has 0 aromatic heterocycles. The van der Waals surface area contributed by atoms with Gasteiger partial charge in [0.05, 0.1) is 23.3 Å². The van der Waals surface area contributed by atoms with E-state index in [0.29, 0.717) is 16.8 Å². The molecule has 6 nitrogen and oxygen atoms in total. The number of aryl methyl sites for hydroxylation is 3. The standard InChI is InChI=1S/C24H28N2O4S/c1-15-10-16(2)12-19(11-15)25-31(29,30)22-13-18(9-8-17(22)3)14-26-23(27)20-6-4-5-7-21(20)24(26)28/h8-13,20-21,25H,4-7,14H2,1-3H3/t20-,21+. The van der Waals surface area contributed by atoms with Gasteiger partial charge in [-0.15, -0.1) is 0 Å². The molecule has 1 aliphatic carbocycles. The largest absolute Gasteiger partial charge is 0.280 e. The van der Waals surface area contributed by atoms with Crippen molar-refractivity contribution >= 4 is 27.5 Å². The van der Waals surface area contributed by atoms with Gasteiger partial charge in [-0.3, -0.25) is 19.2 Å². The van der Waals surface area contributed by atoms with Gasteiger partial charge >= 0.3 is 0 Å². The zero-order chi connectivity index (χ0) is 22.3. The van der Waals surface area contributed by atoms with Gasteiger partial charge in [0.15, 0.2) is 0 Å². The van der Waals surface area contributed by atoms with Crippen molar-refractivity contribution < 1.29 is 18.0 Å². The minimum Gasteiger partial charge on any atom is -0.280 e. The summed E-state index contributed by atoms with van der Waals surface area (Å²) in [6, 6.07) is 10.6. The Hall–Kier alpha value is -2.67. The van der Waals surface area contributed by atoms with E-state index in [9.17, 15) is 18.0 Å². The second kappa shape index (κ2) is 8.11. The molecule has 2 aromatic rings. The molecule has 2 fully saturated rings. The van der Waals surface area contributed by atoms with E-state index in [0.717, 1.165) is 36.8 Å². The van der Waals surface area contributed by atoms with Gasteiger partial charge in [-0.25, -0.2) is 8.42 Å². The Morgan fingerprint density at radius 1 is 0.903 bits per heavy atom. The third-order valence-corrected chi connectivity index (χ3v) is 7.81. The first kappa shape index (κ1) is 21.6. The van der Waals surface area contributed by atoms with Crippen LogP contribution in [-0.2, 0) is 26.2 Å². The van der Waals surface area contributed by atoms with E-state index >= 15 is 0 Å². The molecular weight excluding hydrogens is 412 g/mol. The summed E-state index contributed by atoms with van der Waals surface area (Å²) in [6.45, 7) is 5.67. The molecule has 164 valence electrons. The number of nitrogens with zero attached hydrogens (tertiary/aromatic N) is 1. The summed E-state index contributed by atoms with van der Waals surface area (Å²) in [6.07, 6.45) is 3.48. The summed E-state index contributed by atoms with van der Waals surface area (Å²) in [7, 11) is -3.82. The first-order valence-corrected chi connectivity index (χ1v) is 12.2. The molecule has 1 saturated carbocycles. The summed E-state index contributed by atoms with van der Waals surface area (Å²) >= 11 is 0. The number of benzene rings is 2. The second-order valence-corrected chi connectivity index (χ2v) is 10.5. The van der Waals surface area contributed by atoms with Gasteiger partial charge < -0.3 is 0 Å². The van der Waals surface area contributed by atoms with Gasteiger partial charge in [0, 0.05) is 5.69 Å². The Balaban J connectivity index is 1.60. The fraction of sp³-hybridized carbons (Fsp3) is 0.417. The maximum Gasteiger partial charge on any atom is 0.262 e. The van der Waals surface area contributed by atoms with Crippen molar-refractivity contribution in [2.45, 2.75) is 57.9 Å². The fourth-order valence-electron chi connectivity index (χ4n) is 4.85. The van der Waals surface area contributed by atoms with Crippen molar-refractivity contribution in [1.29, 1.82) is 0 Å². The third-order valence-electron chi connectivity index (χ3n) is 6.29. The highest BCUT2D eigenvalue weighted by Crippen LogP contribution is 2.38. The summed E-state index contributed by atoms with van der Waals surface area (Å²) in [5.74, 6) is -0.650. The molecule has 1 heterocycles. The average molecular weight is 441 g/mol. The Bertz CT molecular complexity index is 1110. The molecule has 0 unspecified atom stereocenters. The lowest BCUT2D eigenvalue weighted by molar-refractivity contribution is -0.140. The van der Waals surface area contributed by atoms with Crippen LogP contribution in [0.1, 0.15) is 47.9 Å². The Morgan fingerprint density at radius 2 is 1.48 bits per heavy atom. The molecule has 2 aliphatic rings. The first-order chi connectivity index (χ1) is 14.7. The normalized spacial score (nSPS) is 21.3. The van der Waals surface area contributed by atoms with Gasteiger partial charge in [0.1, 0.15) is 0 Å². The molecule has 1 saturated heterocycles. The quantitative estimate of drug-likeness (QED) is 0.710. The zero-order valence-electron chi connectivity index (χ0n) is 18.1. The van der Waals surface area contributed by atoms with E-state index in [4.69, 9.17) is 0 Å². The van der Waals surface area contributed by atoms with Crippen LogP contribution in [-0.4, -0.2) is 25.1 Å². The number of rotatable bonds is 5. The minimum absolute atomic E-state index is 0.108.